The molecular formula is C29H34N6O6. The summed E-state index contributed by atoms with van der Waals surface area (Å²) in [5.74, 6) is 5.99. The van der Waals surface area contributed by atoms with E-state index in [9.17, 15) is 19.8 Å². The number of fused-ring (bicyclic) bond motifs is 1. The van der Waals surface area contributed by atoms with Gasteiger partial charge in [0.05, 0.1) is 12.2 Å². The number of anilines is 1. The molecule has 1 saturated carbocycles. The van der Waals surface area contributed by atoms with Crippen LogP contribution in [0.3, 0.4) is 0 Å². The van der Waals surface area contributed by atoms with E-state index >= 15 is 0 Å². The molecule has 2 aromatic heterocycles. The minimum absolute atomic E-state index is 0.0898. The first-order chi connectivity index (χ1) is 19.9. The van der Waals surface area contributed by atoms with Crippen LogP contribution in [0.4, 0.5) is 5.82 Å². The number of hydrogen-bond donors (Lipinski definition) is 4. The number of aliphatic hydroxyl groups excluding tert-OH is 2. The smallest absolute Gasteiger partial charge is 0.309 e. The number of benzene rings is 1. The van der Waals surface area contributed by atoms with Crippen LogP contribution in [0.15, 0.2) is 36.7 Å². The second kappa shape index (κ2) is 12.6. The molecule has 216 valence electrons. The van der Waals surface area contributed by atoms with Gasteiger partial charge in [-0.3, -0.25) is 14.2 Å². The summed E-state index contributed by atoms with van der Waals surface area (Å²) in [7, 11) is 0. The number of aliphatic hydroxyl groups is 2. The van der Waals surface area contributed by atoms with Crippen LogP contribution in [-0.4, -0.2) is 66.5 Å². The van der Waals surface area contributed by atoms with Crippen molar-refractivity contribution in [1.82, 2.24) is 24.8 Å². The largest absolute Gasteiger partial charge is 0.461 e. The third kappa shape index (κ3) is 6.32. The van der Waals surface area contributed by atoms with Gasteiger partial charge >= 0.3 is 5.97 Å². The summed E-state index contributed by atoms with van der Waals surface area (Å²) in [6.45, 7) is 2.39. The second-order valence-electron chi connectivity index (χ2n) is 10.4. The van der Waals surface area contributed by atoms with E-state index in [-0.39, 0.29) is 29.2 Å². The van der Waals surface area contributed by atoms with Gasteiger partial charge in [-0.05, 0) is 50.0 Å². The van der Waals surface area contributed by atoms with Crippen LogP contribution in [0.25, 0.3) is 11.2 Å². The number of nitrogen functional groups attached to an aromatic ring is 1. The van der Waals surface area contributed by atoms with Crippen molar-refractivity contribution >= 4 is 28.9 Å². The number of nitrogens with one attached hydrogen (secondary N) is 1. The van der Waals surface area contributed by atoms with E-state index in [1.54, 1.807) is 6.92 Å². The first kappa shape index (κ1) is 28.5. The fraction of sp³-hybridized carbons (Fsp3) is 0.483. The Labute approximate surface area is 237 Å². The lowest BCUT2D eigenvalue weighted by molar-refractivity contribution is -0.151. The van der Waals surface area contributed by atoms with Crippen molar-refractivity contribution in [1.29, 1.82) is 0 Å². The van der Waals surface area contributed by atoms with Crippen LogP contribution < -0.4 is 11.1 Å². The van der Waals surface area contributed by atoms with Gasteiger partial charge in [0.15, 0.2) is 23.8 Å². The molecule has 41 heavy (non-hydrogen) atoms. The highest BCUT2D eigenvalue weighted by molar-refractivity contribution is 5.83. The molecule has 5 N–H and O–H groups in total. The van der Waals surface area contributed by atoms with Crippen LogP contribution in [0.5, 0.6) is 0 Å². The van der Waals surface area contributed by atoms with Gasteiger partial charge in [-0.1, -0.05) is 36.3 Å². The van der Waals surface area contributed by atoms with Crippen molar-refractivity contribution in [3.63, 3.8) is 0 Å². The Morgan fingerprint density at radius 1 is 1.15 bits per heavy atom. The van der Waals surface area contributed by atoms with Crippen LogP contribution >= 0.6 is 0 Å². The van der Waals surface area contributed by atoms with Gasteiger partial charge in [0.1, 0.15) is 24.3 Å². The van der Waals surface area contributed by atoms with Crippen molar-refractivity contribution in [3.05, 3.63) is 48.0 Å². The summed E-state index contributed by atoms with van der Waals surface area (Å²) in [6.07, 6.45) is 0.108. The summed E-state index contributed by atoms with van der Waals surface area (Å²) < 4.78 is 12.6. The summed E-state index contributed by atoms with van der Waals surface area (Å²) in [5.41, 5.74) is 7.64. The number of carbonyl (C=O) groups is 2. The van der Waals surface area contributed by atoms with Gasteiger partial charge in [0, 0.05) is 13.0 Å². The lowest BCUT2D eigenvalue weighted by Gasteiger charge is -2.26. The quantitative estimate of drug-likeness (QED) is 0.244. The first-order valence-electron chi connectivity index (χ1n) is 13.8. The number of hydrogen-bond acceptors (Lipinski definition) is 10. The van der Waals surface area contributed by atoms with Crippen molar-refractivity contribution in [2.24, 2.45) is 11.8 Å². The molecule has 0 bridgehead atoms. The highest BCUT2D eigenvalue weighted by Crippen LogP contribution is 2.33. The van der Waals surface area contributed by atoms with E-state index < -0.39 is 30.4 Å². The zero-order valence-corrected chi connectivity index (χ0v) is 22.8. The van der Waals surface area contributed by atoms with Crippen molar-refractivity contribution < 1.29 is 29.3 Å². The maximum Gasteiger partial charge on any atom is 0.309 e. The fourth-order valence-corrected chi connectivity index (χ4v) is 5.28. The molecule has 3 aromatic rings. The van der Waals surface area contributed by atoms with Gasteiger partial charge in [0.2, 0.25) is 5.82 Å². The molecule has 1 aliphatic carbocycles. The third-order valence-electron chi connectivity index (χ3n) is 7.57. The zero-order chi connectivity index (χ0) is 28.9. The molecule has 12 nitrogen and oxygen atoms in total. The molecule has 0 spiro atoms. The summed E-state index contributed by atoms with van der Waals surface area (Å²) in [6, 6.07) is 9.65. The normalized spacial score (nSPS) is 25.8. The maximum absolute atomic E-state index is 12.5. The van der Waals surface area contributed by atoms with Gasteiger partial charge < -0.3 is 30.7 Å². The van der Waals surface area contributed by atoms with Gasteiger partial charge in [0.25, 0.3) is 5.91 Å². The van der Waals surface area contributed by atoms with Crippen LogP contribution in [0.1, 0.15) is 56.6 Å². The molecular weight excluding hydrogens is 528 g/mol. The Kier molecular flexibility index (Phi) is 8.78. The van der Waals surface area contributed by atoms with Crippen LogP contribution in [0.2, 0.25) is 0 Å². The molecule has 12 heteroatoms. The number of carbonyl (C=O) groups excluding carboxylic acids is 2. The molecule has 0 radical (unpaired) electrons. The van der Waals surface area contributed by atoms with Gasteiger partial charge in [-0.2, -0.15) is 0 Å². The number of aromatic nitrogens is 4. The molecule has 2 aliphatic rings. The first-order valence-corrected chi connectivity index (χ1v) is 13.8. The highest BCUT2D eigenvalue weighted by atomic mass is 16.6. The van der Waals surface area contributed by atoms with E-state index in [0.717, 1.165) is 31.2 Å². The summed E-state index contributed by atoms with van der Waals surface area (Å²) in [4.78, 5) is 37.7. The predicted octanol–water partition coefficient (Wildman–Crippen LogP) is 1.46. The molecule has 1 unspecified atom stereocenters. The molecule has 5 rings (SSSR count). The number of ether oxygens (including phenoxy) is 2. The van der Waals surface area contributed by atoms with E-state index in [4.69, 9.17) is 15.2 Å². The number of amides is 1. The number of imidazole rings is 1. The van der Waals surface area contributed by atoms with Crippen molar-refractivity contribution in [2.45, 2.75) is 70.2 Å². The van der Waals surface area contributed by atoms with Gasteiger partial charge in [-0.25, -0.2) is 15.0 Å². The lowest BCUT2D eigenvalue weighted by atomic mass is 9.80. The van der Waals surface area contributed by atoms with Gasteiger partial charge in [-0.15, -0.1) is 0 Å². The average Bonchev–Trinajstić information content (AvgIpc) is 3.53. The Morgan fingerprint density at radius 2 is 1.90 bits per heavy atom. The monoisotopic (exact) mass is 562 g/mol. The molecule has 3 heterocycles. The Balaban J connectivity index is 1.19. The number of nitrogens with two attached hydrogens (primary N) is 1. The lowest BCUT2D eigenvalue weighted by Crippen LogP contribution is -2.42. The second-order valence-corrected chi connectivity index (χ2v) is 10.4. The fourth-order valence-electron chi connectivity index (χ4n) is 5.28. The van der Waals surface area contributed by atoms with E-state index in [1.807, 2.05) is 30.3 Å². The summed E-state index contributed by atoms with van der Waals surface area (Å²) >= 11 is 0. The highest BCUT2D eigenvalue weighted by Gasteiger charge is 2.47. The minimum Gasteiger partial charge on any atom is -0.461 e. The van der Waals surface area contributed by atoms with Crippen molar-refractivity contribution in [3.8, 4) is 11.8 Å². The molecule has 1 aliphatic heterocycles. The number of nitrogens with zero attached hydrogens (tertiary/aromatic N) is 4. The molecule has 4 atom stereocenters. The standard InChI is InChI=1S/C29H34N6O6/c1-2-31-27(38)24-22(36)23(37)28(41-24)35-16-32-21-25(30)33-20(34-26(21)35)10-6-9-17-11-13-19(14-12-17)29(39)40-15-18-7-4-3-5-8-18/h3-5,7-8,16-17,19,22-24,28,36-37H,2,9,11-15H2,1H3,(H,31,38)(H2,30,33,34)/t17?,19?,22-,23?,24+,28-/m1/s1. The SMILES string of the molecule is CCNC(=O)[C@H]1O[C@@H](n2cnc3c(N)nc(C#CCC4CCC(C(=O)OCc5ccccc5)CC4)nc32)C(O)[C@H]1O. The van der Waals surface area contributed by atoms with E-state index in [0.29, 0.717) is 31.0 Å². The molecule has 2 fully saturated rings. The van der Waals surface area contributed by atoms with E-state index in [1.165, 1.54) is 10.9 Å². The topological polar surface area (TPSA) is 175 Å². The minimum atomic E-state index is -1.43. The average molecular weight is 563 g/mol. The van der Waals surface area contributed by atoms with Crippen molar-refractivity contribution in [2.75, 3.05) is 12.3 Å². The summed E-state index contributed by atoms with van der Waals surface area (Å²) in [5, 5.41) is 23.6. The maximum atomic E-state index is 12.5. The van der Waals surface area contributed by atoms with Crippen LogP contribution in [-0.2, 0) is 25.7 Å². The third-order valence-corrected chi connectivity index (χ3v) is 7.57. The number of likely N-dealkylation sites (N-methyl/N-ethyl adjacent to an activating group) is 1. The molecule has 1 aromatic carbocycles. The zero-order valence-electron chi connectivity index (χ0n) is 22.8. The molecule has 1 saturated heterocycles. The number of esters is 1. The Bertz CT molecular complexity index is 1440. The van der Waals surface area contributed by atoms with E-state index in [2.05, 4.69) is 32.1 Å². The molecule has 1 amide bonds. The van der Waals surface area contributed by atoms with Crippen LogP contribution in [0, 0.1) is 23.7 Å². The Hall–Kier alpha value is -4.05. The predicted molar refractivity (Wildman–Crippen MR) is 148 cm³/mol. The number of rotatable bonds is 7. The Morgan fingerprint density at radius 3 is 2.63 bits per heavy atom.